The molecule has 0 radical (unpaired) electrons. The van der Waals surface area contributed by atoms with E-state index in [1.54, 1.807) is 18.5 Å². The lowest BCUT2D eigenvalue weighted by molar-refractivity contribution is 0.280. The first kappa shape index (κ1) is 12.4. The first-order valence-electron chi connectivity index (χ1n) is 7.23. The van der Waals surface area contributed by atoms with Gasteiger partial charge in [-0.15, -0.1) is 0 Å². The molecule has 2 unspecified atom stereocenters. The van der Waals surface area contributed by atoms with Crippen LogP contribution in [0.5, 0.6) is 0 Å². The third kappa shape index (κ3) is 1.98. The molecule has 6 nitrogen and oxygen atoms in total. The Morgan fingerprint density at radius 3 is 2.76 bits per heavy atom. The summed E-state index contributed by atoms with van der Waals surface area (Å²) in [7, 11) is 0. The molecule has 2 aromatic heterocycles. The highest BCUT2D eigenvalue weighted by Crippen LogP contribution is 2.36. The largest absolute Gasteiger partial charge is 0.394 e. The summed E-state index contributed by atoms with van der Waals surface area (Å²) in [5.41, 5.74) is 7.12. The molecule has 2 N–H and O–H groups in total. The van der Waals surface area contributed by atoms with Crippen molar-refractivity contribution < 1.29 is 0 Å². The molecule has 21 heavy (non-hydrogen) atoms. The summed E-state index contributed by atoms with van der Waals surface area (Å²) in [6.07, 6.45) is 4.66. The highest BCUT2D eigenvalue weighted by atomic mass is 16.1. The van der Waals surface area contributed by atoms with E-state index in [0.29, 0.717) is 17.5 Å². The topological polar surface area (TPSA) is 77.0 Å². The molecule has 1 fully saturated rings. The summed E-state index contributed by atoms with van der Waals surface area (Å²) in [5, 5.41) is 0. The van der Waals surface area contributed by atoms with Gasteiger partial charge in [0.1, 0.15) is 0 Å². The van der Waals surface area contributed by atoms with Crippen LogP contribution in [0.3, 0.4) is 0 Å². The zero-order valence-electron chi connectivity index (χ0n) is 11.6. The van der Waals surface area contributed by atoms with Gasteiger partial charge in [0, 0.05) is 43.6 Å². The Morgan fingerprint density at radius 1 is 1.14 bits per heavy atom. The van der Waals surface area contributed by atoms with E-state index in [9.17, 15) is 4.79 Å². The molecule has 2 aromatic rings. The van der Waals surface area contributed by atoms with E-state index in [2.05, 4.69) is 14.9 Å². The van der Waals surface area contributed by atoms with Gasteiger partial charge in [0.2, 0.25) is 5.95 Å². The van der Waals surface area contributed by atoms with Gasteiger partial charge in [0.15, 0.2) is 0 Å². The molecule has 2 atom stereocenters. The summed E-state index contributed by atoms with van der Waals surface area (Å²) in [6.45, 7) is 2.48. The molecule has 1 saturated heterocycles. The third-order valence-electron chi connectivity index (χ3n) is 4.47. The molecule has 0 amide bonds. The van der Waals surface area contributed by atoms with Crippen LogP contribution >= 0.6 is 0 Å². The van der Waals surface area contributed by atoms with Crippen LogP contribution in [0.1, 0.15) is 18.0 Å². The Balaban J connectivity index is 1.71. The SMILES string of the molecule is Nc1ccc2n(c1=O)CC1CC2CN(c2ncccn2)C1. The number of nitrogens with zero attached hydrogens (tertiary/aromatic N) is 4. The van der Waals surface area contributed by atoms with Gasteiger partial charge in [-0.05, 0) is 30.5 Å². The van der Waals surface area contributed by atoms with Gasteiger partial charge in [0.05, 0.1) is 5.69 Å². The number of rotatable bonds is 1. The molecule has 4 rings (SSSR count). The van der Waals surface area contributed by atoms with Crippen LogP contribution in [0.4, 0.5) is 11.6 Å². The van der Waals surface area contributed by atoms with Gasteiger partial charge < -0.3 is 15.2 Å². The first-order chi connectivity index (χ1) is 10.2. The predicted octanol–water partition coefficient (Wildman–Crippen LogP) is 0.844. The number of hydrogen-bond donors (Lipinski definition) is 1. The number of piperidine rings is 1. The van der Waals surface area contributed by atoms with Crippen LogP contribution in [-0.2, 0) is 6.54 Å². The van der Waals surface area contributed by atoms with Gasteiger partial charge >= 0.3 is 0 Å². The Morgan fingerprint density at radius 2 is 1.95 bits per heavy atom. The normalized spacial score (nSPS) is 23.7. The van der Waals surface area contributed by atoms with Crippen molar-refractivity contribution in [3.63, 3.8) is 0 Å². The zero-order valence-corrected chi connectivity index (χ0v) is 11.6. The fraction of sp³-hybridized carbons (Fsp3) is 0.400. The minimum Gasteiger partial charge on any atom is -0.394 e. The van der Waals surface area contributed by atoms with Gasteiger partial charge in [-0.1, -0.05) is 0 Å². The second-order valence-corrected chi connectivity index (χ2v) is 5.88. The Kier molecular flexibility index (Phi) is 2.70. The molecule has 6 heteroatoms. The molecule has 108 valence electrons. The molecular formula is C15H17N5O. The van der Waals surface area contributed by atoms with Crippen molar-refractivity contribution in [2.45, 2.75) is 18.9 Å². The van der Waals surface area contributed by atoms with Crippen molar-refractivity contribution >= 4 is 11.6 Å². The minimum atomic E-state index is -0.0494. The standard InChI is InChI=1S/C15H17N5O/c16-12-2-3-13-11-6-10(8-20(13)14(12)21)7-19(9-11)15-17-4-1-5-18-15/h1-5,10-11H,6-9,16H2. The van der Waals surface area contributed by atoms with Gasteiger partial charge in [-0.2, -0.15) is 0 Å². The number of fused-ring (bicyclic) bond motifs is 4. The highest BCUT2D eigenvalue weighted by Gasteiger charge is 2.35. The van der Waals surface area contributed by atoms with Crippen LogP contribution in [0.25, 0.3) is 0 Å². The quantitative estimate of drug-likeness (QED) is 0.839. The average Bonchev–Trinajstić information content (AvgIpc) is 2.52. The number of hydrogen-bond acceptors (Lipinski definition) is 5. The van der Waals surface area contributed by atoms with Gasteiger partial charge in [-0.3, -0.25) is 4.79 Å². The van der Waals surface area contributed by atoms with E-state index in [-0.39, 0.29) is 5.56 Å². The van der Waals surface area contributed by atoms with E-state index in [1.165, 1.54) is 0 Å². The highest BCUT2D eigenvalue weighted by molar-refractivity contribution is 5.39. The number of anilines is 2. The lowest BCUT2D eigenvalue weighted by atomic mass is 9.83. The summed E-state index contributed by atoms with van der Waals surface area (Å²) >= 11 is 0. The van der Waals surface area contributed by atoms with Crippen LogP contribution < -0.4 is 16.2 Å². The second-order valence-electron chi connectivity index (χ2n) is 5.88. The lowest BCUT2D eigenvalue weighted by Crippen LogP contribution is -2.47. The van der Waals surface area contributed by atoms with Crippen molar-refractivity contribution in [2.24, 2.45) is 5.92 Å². The smallest absolute Gasteiger partial charge is 0.273 e. The van der Waals surface area contributed by atoms with E-state index < -0.39 is 0 Å². The Hall–Kier alpha value is -2.37. The molecule has 0 saturated carbocycles. The summed E-state index contributed by atoms with van der Waals surface area (Å²) in [4.78, 5) is 23.1. The average molecular weight is 283 g/mol. The second kappa shape index (κ2) is 4.58. The Labute approximate surface area is 122 Å². The Bertz CT molecular complexity index is 727. The van der Waals surface area contributed by atoms with E-state index in [4.69, 9.17) is 5.73 Å². The third-order valence-corrected chi connectivity index (χ3v) is 4.47. The lowest BCUT2D eigenvalue weighted by Gasteiger charge is -2.42. The molecule has 0 aliphatic carbocycles. The predicted molar refractivity (Wildman–Crippen MR) is 80.2 cm³/mol. The number of pyridine rings is 1. The van der Waals surface area contributed by atoms with Crippen molar-refractivity contribution in [1.82, 2.24) is 14.5 Å². The molecule has 2 aliphatic heterocycles. The number of nitrogens with two attached hydrogens (primary N) is 1. The molecular weight excluding hydrogens is 266 g/mol. The maximum Gasteiger partial charge on any atom is 0.273 e. The van der Waals surface area contributed by atoms with Crippen LogP contribution in [0, 0.1) is 5.92 Å². The van der Waals surface area contributed by atoms with Crippen LogP contribution in [0.2, 0.25) is 0 Å². The fourth-order valence-electron chi connectivity index (χ4n) is 3.58. The fourth-order valence-corrected chi connectivity index (χ4v) is 3.58. The maximum atomic E-state index is 12.2. The van der Waals surface area contributed by atoms with E-state index in [0.717, 1.165) is 37.7 Å². The van der Waals surface area contributed by atoms with Crippen molar-refractivity contribution in [1.29, 1.82) is 0 Å². The van der Waals surface area contributed by atoms with Crippen LogP contribution in [0.15, 0.2) is 35.4 Å². The summed E-state index contributed by atoms with van der Waals surface area (Å²) in [6, 6.07) is 5.55. The molecule has 4 heterocycles. The van der Waals surface area contributed by atoms with Crippen molar-refractivity contribution in [3.05, 3.63) is 46.6 Å². The molecule has 2 aliphatic rings. The first-order valence-corrected chi connectivity index (χ1v) is 7.23. The number of aromatic nitrogens is 3. The molecule has 0 aromatic carbocycles. The van der Waals surface area contributed by atoms with Crippen molar-refractivity contribution in [3.8, 4) is 0 Å². The van der Waals surface area contributed by atoms with E-state index in [1.807, 2.05) is 16.7 Å². The molecule has 0 spiro atoms. The minimum absolute atomic E-state index is 0.0494. The maximum absolute atomic E-state index is 12.2. The molecule has 2 bridgehead atoms. The van der Waals surface area contributed by atoms with Crippen molar-refractivity contribution in [2.75, 3.05) is 23.7 Å². The summed E-state index contributed by atoms with van der Waals surface area (Å²) < 4.78 is 1.86. The van der Waals surface area contributed by atoms with Gasteiger partial charge in [-0.25, -0.2) is 9.97 Å². The van der Waals surface area contributed by atoms with Crippen LogP contribution in [-0.4, -0.2) is 27.6 Å². The van der Waals surface area contributed by atoms with E-state index >= 15 is 0 Å². The number of nitrogen functional groups attached to an aromatic ring is 1. The summed E-state index contributed by atoms with van der Waals surface area (Å²) in [5.74, 6) is 1.56. The van der Waals surface area contributed by atoms with Gasteiger partial charge in [0.25, 0.3) is 5.56 Å². The monoisotopic (exact) mass is 283 g/mol. The zero-order chi connectivity index (χ0) is 14.4.